The number of benzene rings is 1. The highest BCUT2D eigenvalue weighted by atomic mass is 19.4. The Morgan fingerprint density at radius 1 is 1.22 bits per heavy atom. The highest BCUT2D eigenvalue weighted by Gasteiger charge is 2.30. The zero-order chi connectivity index (χ0) is 22.5. The number of imide groups is 1. The van der Waals surface area contributed by atoms with Gasteiger partial charge in [-0.1, -0.05) is 18.2 Å². The Hall–Kier alpha value is -3.69. The second-order valence-electron chi connectivity index (χ2n) is 7.99. The zero-order valence-electron chi connectivity index (χ0n) is 16.7. The topological polar surface area (TPSA) is 88.4 Å². The van der Waals surface area contributed by atoms with Gasteiger partial charge >= 0.3 is 6.18 Å². The summed E-state index contributed by atoms with van der Waals surface area (Å²) in [5.74, 6) is -0.145. The number of nitrogens with zero attached hydrogens (tertiary/aromatic N) is 3. The van der Waals surface area contributed by atoms with Gasteiger partial charge in [-0.15, -0.1) is 0 Å². The lowest BCUT2D eigenvalue weighted by Crippen LogP contribution is -2.19. The van der Waals surface area contributed by atoms with Crippen molar-refractivity contribution < 1.29 is 22.8 Å². The van der Waals surface area contributed by atoms with E-state index < -0.39 is 17.6 Å². The minimum Gasteiger partial charge on any atom is -0.367 e. The summed E-state index contributed by atoms with van der Waals surface area (Å²) in [5, 5.41) is 9.97. The maximum absolute atomic E-state index is 13.1. The summed E-state index contributed by atoms with van der Waals surface area (Å²) in [6.45, 7) is 0. The molecule has 5 rings (SSSR count). The molecular weight excluding hydrogens is 423 g/mol. The molecule has 0 unspecified atom stereocenters. The fourth-order valence-electron chi connectivity index (χ4n) is 3.64. The lowest BCUT2D eigenvalue weighted by molar-refractivity contribution is -0.137. The molecule has 1 aromatic carbocycles. The van der Waals surface area contributed by atoms with Gasteiger partial charge in [0.05, 0.1) is 23.9 Å². The Morgan fingerprint density at radius 2 is 2.03 bits per heavy atom. The summed E-state index contributed by atoms with van der Waals surface area (Å²) < 4.78 is 40.9. The number of alkyl halides is 3. The van der Waals surface area contributed by atoms with Crippen molar-refractivity contribution in [2.45, 2.75) is 37.9 Å². The van der Waals surface area contributed by atoms with Crippen molar-refractivity contribution in [2.24, 2.45) is 0 Å². The lowest BCUT2D eigenvalue weighted by atomic mass is 10.1. The quantitative estimate of drug-likeness (QED) is 0.468. The van der Waals surface area contributed by atoms with Crippen molar-refractivity contribution >= 4 is 29.4 Å². The number of halogens is 3. The molecule has 10 heteroatoms. The number of amides is 2. The van der Waals surface area contributed by atoms with Gasteiger partial charge in [0.2, 0.25) is 5.91 Å². The van der Waals surface area contributed by atoms with E-state index >= 15 is 0 Å². The molecule has 0 spiro atoms. The van der Waals surface area contributed by atoms with Crippen molar-refractivity contribution in [1.82, 2.24) is 19.9 Å². The summed E-state index contributed by atoms with van der Waals surface area (Å²) in [7, 11) is 0. The molecule has 1 saturated carbocycles. The zero-order valence-corrected chi connectivity index (χ0v) is 16.7. The van der Waals surface area contributed by atoms with E-state index in [1.54, 1.807) is 28.9 Å². The monoisotopic (exact) mass is 441 g/mol. The van der Waals surface area contributed by atoms with Crippen molar-refractivity contribution in [3.63, 3.8) is 0 Å². The average Bonchev–Trinajstić information content (AvgIpc) is 3.36. The van der Waals surface area contributed by atoms with Gasteiger partial charge < -0.3 is 5.32 Å². The van der Waals surface area contributed by atoms with E-state index in [0.29, 0.717) is 39.9 Å². The Balaban J connectivity index is 1.55. The number of anilines is 1. The van der Waals surface area contributed by atoms with Crippen LogP contribution >= 0.6 is 0 Å². The van der Waals surface area contributed by atoms with Crippen molar-refractivity contribution in [1.29, 1.82) is 0 Å². The van der Waals surface area contributed by atoms with Crippen LogP contribution in [0.1, 0.15) is 41.6 Å². The molecule has 1 saturated heterocycles. The van der Waals surface area contributed by atoms with E-state index in [1.807, 2.05) is 0 Å². The van der Waals surface area contributed by atoms with Gasteiger partial charge in [0.25, 0.3) is 5.91 Å². The Kier molecular flexibility index (Phi) is 4.72. The van der Waals surface area contributed by atoms with Crippen LogP contribution in [-0.2, 0) is 22.2 Å². The molecule has 2 aliphatic rings. The third-order valence-electron chi connectivity index (χ3n) is 5.35. The maximum Gasteiger partial charge on any atom is 0.416 e. The number of carbonyl (C=O) groups excluding carboxylic acids is 2. The maximum atomic E-state index is 13.1. The molecular formula is C22H18F3N5O2. The Labute approximate surface area is 180 Å². The smallest absolute Gasteiger partial charge is 0.367 e. The van der Waals surface area contributed by atoms with Gasteiger partial charge in [0.1, 0.15) is 5.82 Å². The van der Waals surface area contributed by atoms with Crippen LogP contribution in [0.15, 0.2) is 42.1 Å². The van der Waals surface area contributed by atoms with Crippen LogP contribution in [0.3, 0.4) is 0 Å². The first kappa shape index (κ1) is 20.2. The van der Waals surface area contributed by atoms with E-state index in [2.05, 4.69) is 20.7 Å². The van der Waals surface area contributed by atoms with Gasteiger partial charge in [-0.25, -0.2) is 4.98 Å². The van der Waals surface area contributed by atoms with Crippen LogP contribution in [-0.4, -0.2) is 32.5 Å². The molecule has 2 fully saturated rings. The Bertz CT molecular complexity index is 1270. The molecule has 2 amide bonds. The molecule has 3 aromatic rings. The van der Waals surface area contributed by atoms with Crippen LogP contribution in [0, 0.1) is 0 Å². The number of aromatic nitrogens is 3. The molecule has 3 heterocycles. The third kappa shape index (κ3) is 4.08. The minimum atomic E-state index is -4.42. The highest BCUT2D eigenvalue weighted by molar-refractivity contribution is 6.15. The number of rotatable bonds is 5. The predicted octanol–water partition coefficient (Wildman–Crippen LogP) is 3.34. The van der Waals surface area contributed by atoms with Crippen LogP contribution in [0.25, 0.3) is 11.7 Å². The first-order valence-electron chi connectivity index (χ1n) is 10.1. The van der Waals surface area contributed by atoms with Gasteiger partial charge in [0.15, 0.2) is 5.65 Å². The summed E-state index contributed by atoms with van der Waals surface area (Å²) in [6, 6.07) is 7.25. The fraction of sp³-hybridized carbons (Fsp3) is 0.273. The van der Waals surface area contributed by atoms with Gasteiger partial charge in [-0.2, -0.15) is 22.8 Å². The number of nitrogens with one attached hydrogen (secondary N) is 2. The van der Waals surface area contributed by atoms with Crippen LogP contribution in [0.5, 0.6) is 0 Å². The van der Waals surface area contributed by atoms with Crippen LogP contribution in [0.4, 0.5) is 19.0 Å². The van der Waals surface area contributed by atoms with E-state index in [1.165, 1.54) is 6.07 Å². The largest absolute Gasteiger partial charge is 0.416 e. The summed E-state index contributed by atoms with van der Waals surface area (Å²) in [4.78, 5) is 28.0. The molecule has 0 bridgehead atoms. The summed E-state index contributed by atoms with van der Waals surface area (Å²) >= 11 is 0. The average molecular weight is 441 g/mol. The molecule has 2 aromatic heterocycles. The molecule has 0 atom stereocenters. The molecule has 0 radical (unpaired) electrons. The fourth-order valence-corrected chi connectivity index (χ4v) is 3.64. The third-order valence-corrected chi connectivity index (χ3v) is 5.35. The predicted molar refractivity (Wildman–Crippen MR) is 110 cm³/mol. The normalized spacial score (nSPS) is 17.9. The van der Waals surface area contributed by atoms with E-state index in [4.69, 9.17) is 0 Å². The number of hydrogen-bond donors (Lipinski definition) is 2. The lowest BCUT2D eigenvalue weighted by Gasteiger charge is -2.11. The number of fused-ring (bicyclic) bond motifs is 1. The number of carbonyl (C=O) groups is 2. The van der Waals surface area contributed by atoms with Crippen molar-refractivity contribution in [3.05, 3.63) is 64.5 Å². The molecule has 32 heavy (non-hydrogen) atoms. The Morgan fingerprint density at radius 3 is 2.72 bits per heavy atom. The second-order valence-corrected chi connectivity index (χ2v) is 7.99. The first-order valence-corrected chi connectivity index (χ1v) is 10.1. The van der Waals surface area contributed by atoms with E-state index in [0.717, 1.165) is 25.0 Å². The summed E-state index contributed by atoms with van der Waals surface area (Å²) in [5.41, 5.74) is 1.65. The van der Waals surface area contributed by atoms with Crippen LogP contribution in [0.2, 0.25) is 0 Å². The van der Waals surface area contributed by atoms with E-state index in [-0.39, 0.29) is 18.7 Å². The molecule has 1 aliphatic heterocycles. The minimum absolute atomic E-state index is 0.0206. The second kappa shape index (κ2) is 7.47. The molecule has 7 nitrogen and oxygen atoms in total. The van der Waals surface area contributed by atoms with Crippen LogP contribution < -0.4 is 10.6 Å². The summed E-state index contributed by atoms with van der Waals surface area (Å²) in [6.07, 6.45) is 0.923. The SMILES string of the molecule is O=C1C/C(=C\c2cnn3c(NC4CC4)cc(Cc4cccc(C(F)(F)F)c4)nc23)C(=O)N1. The van der Waals surface area contributed by atoms with Crippen molar-refractivity contribution in [3.8, 4) is 0 Å². The van der Waals surface area contributed by atoms with E-state index in [9.17, 15) is 22.8 Å². The molecule has 164 valence electrons. The molecule has 2 N–H and O–H groups in total. The van der Waals surface area contributed by atoms with Gasteiger partial charge in [0, 0.05) is 29.7 Å². The molecule has 1 aliphatic carbocycles. The number of hydrogen-bond acceptors (Lipinski definition) is 5. The highest BCUT2D eigenvalue weighted by Crippen LogP contribution is 2.31. The first-order chi connectivity index (χ1) is 15.3. The van der Waals surface area contributed by atoms with Gasteiger partial charge in [-0.05, 0) is 30.5 Å². The standard InChI is InChI=1S/C22H18F3N5O2/c23-22(24,25)15-3-1-2-12(6-15)7-17-10-18(27-16-4-5-16)30-20(28-17)14(11-26-30)8-13-9-19(31)29-21(13)32/h1-3,6,8,10-11,16,27H,4-5,7,9H2,(H,29,31,32)/b13-8+. The van der Waals surface area contributed by atoms with Gasteiger partial charge in [-0.3, -0.25) is 14.9 Å². The van der Waals surface area contributed by atoms with Crippen molar-refractivity contribution in [2.75, 3.05) is 5.32 Å².